The molecule has 0 spiro atoms. The van der Waals surface area contributed by atoms with Gasteiger partial charge in [-0.05, 0) is 55.2 Å². The van der Waals surface area contributed by atoms with Gasteiger partial charge in [-0.2, -0.15) is 0 Å². The Morgan fingerprint density at radius 3 is 2.32 bits per heavy atom. The van der Waals surface area contributed by atoms with Crippen molar-refractivity contribution in [2.75, 3.05) is 23.7 Å². The maximum Gasteiger partial charge on any atom is 0.244 e. The van der Waals surface area contributed by atoms with Crippen LogP contribution in [0.25, 0.3) is 0 Å². The van der Waals surface area contributed by atoms with E-state index in [2.05, 4.69) is 5.32 Å². The lowest BCUT2D eigenvalue weighted by Crippen LogP contribution is -2.52. The van der Waals surface area contributed by atoms with Crippen molar-refractivity contribution in [3.8, 4) is 0 Å². The van der Waals surface area contributed by atoms with E-state index < -0.39 is 34.3 Å². The first-order valence-electron chi connectivity index (χ1n) is 11.0. The Labute approximate surface area is 205 Å². The van der Waals surface area contributed by atoms with Gasteiger partial charge in [0.2, 0.25) is 21.8 Å². The summed E-state index contributed by atoms with van der Waals surface area (Å²) in [6, 6.07) is 9.57. The SMILES string of the molecule is CCCNC(=O)[C@H](CC)N(Cc1ccc(F)cc1)C(=O)CN(c1cc(Cl)ccc1C)S(C)(=O)=O. The highest BCUT2D eigenvalue weighted by Crippen LogP contribution is 2.27. The normalized spacial score (nSPS) is 12.2. The maximum atomic E-state index is 13.6. The number of nitrogens with zero attached hydrogens (tertiary/aromatic N) is 2. The van der Waals surface area contributed by atoms with Gasteiger partial charge in [-0.25, -0.2) is 12.8 Å². The molecule has 0 aliphatic heterocycles. The van der Waals surface area contributed by atoms with Crippen molar-refractivity contribution in [3.05, 3.63) is 64.4 Å². The molecular formula is C24H31ClFN3O4S. The van der Waals surface area contributed by atoms with E-state index in [0.29, 0.717) is 29.1 Å². The molecule has 2 rings (SSSR count). The first-order valence-corrected chi connectivity index (χ1v) is 13.3. The number of anilines is 1. The van der Waals surface area contributed by atoms with Gasteiger partial charge in [0.05, 0.1) is 11.9 Å². The number of rotatable bonds is 11. The summed E-state index contributed by atoms with van der Waals surface area (Å²) in [7, 11) is -3.85. The molecule has 1 N–H and O–H groups in total. The minimum atomic E-state index is -3.85. The second-order valence-corrected chi connectivity index (χ2v) is 10.4. The van der Waals surface area contributed by atoms with E-state index in [9.17, 15) is 22.4 Å². The lowest BCUT2D eigenvalue weighted by molar-refractivity contribution is -0.140. The smallest absolute Gasteiger partial charge is 0.244 e. The van der Waals surface area contributed by atoms with Crippen molar-refractivity contribution >= 4 is 39.1 Å². The van der Waals surface area contributed by atoms with Crippen molar-refractivity contribution < 1.29 is 22.4 Å². The average molecular weight is 512 g/mol. The molecule has 0 aromatic heterocycles. The molecule has 7 nitrogen and oxygen atoms in total. The predicted molar refractivity (Wildman–Crippen MR) is 133 cm³/mol. The molecule has 186 valence electrons. The summed E-state index contributed by atoms with van der Waals surface area (Å²) >= 11 is 6.09. The van der Waals surface area contributed by atoms with Gasteiger partial charge >= 0.3 is 0 Å². The Kier molecular flexibility index (Phi) is 9.88. The number of hydrogen-bond acceptors (Lipinski definition) is 4. The van der Waals surface area contributed by atoms with Gasteiger partial charge in [0.15, 0.2) is 0 Å². The first-order chi connectivity index (χ1) is 16.0. The summed E-state index contributed by atoms with van der Waals surface area (Å²) < 4.78 is 39.7. The highest BCUT2D eigenvalue weighted by atomic mass is 35.5. The molecule has 2 amide bonds. The number of carbonyl (C=O) groups excluding carboxylic acids is 2. The Balaban J connectivity index is 2.45. The molecule has 0 aliphatic rings. The molecular weight excluding hydrogens is 481 g/mol. The van der Waals surface area contributed by atoms with Crippen molar-refractivity contribution in [1.82, 2.24) is 10.2 Å². The van der Waals surface area contributed by atoms with Crippen molar-refractivity contribution in [3.63, 3.8) is 0 Å². The number of hydrogen-bond donors (Lipinski definition) is 1. The largest absolute Gasteiger partial charge is 0.354 e. The molecule has 1 atom stereocenters. The minimum Gasteiger partial charge on any atom is -0.354 e. The molecule has 34 heavy (non-hydrogen) atoms. The molecule has 10 heteroatoms. The minimum absolute atomic E-state index is 0.0172. The molecule has 0 fully saturated rings. The fraction of sp³-hybridized carbons (Fsp3) is 0.417. The zero-order chi connectivity index (χ0) is 25.5. The molecule has 2 aromatic carbocycles. The molecule has 0 radical (unpaired) electrons. The van der Waals surface area contributed by atoms with Crippen LogP contribution in [0, 0.1) is 12.7 Å². The fourth-order valence-electron chi connectivity index (χ4n) is 3.52. The first kappa shape index (κ1) is 27.6. The molecule has 0 saturated carbocycles. The summed E-state index contributed by atoms with van der Waals surface area (Å²) in [5.74, 6) is -1.31. The molecule has 2 aromatic rings. The van der Waals surface area contributed by atoms with Crippen LogP contribution in [0.3, 0.4) is 0 Å². The van der Waals surface area contributed by atoms with Crippen molar-refractivity contribution in [2.24, 2.45) is 0 Å². The van der Waals surface area contributed by atoms with E-state index in [0.717, 1.165) is 17.0 Å². The van der Waals surface area contributed by atoms with Crippen LogP contribution in [0.5, 0.6) is 0 Å². The third kappa shape index (κ3) is 7.43. The van der Waals surface area contributed by atoms with Crippen LogP contribution in [0.2, 0.25) is 5.02 Å². The Hall–Kier alpha value is -2.65. The second kappa shape index (κ2) is 12.2. The number of amides is 2. The van der Waals surface area contributed by atoms with E-state index in [4.69, 9.17) is 11.6 Å². The standard InChI is InChI=1S/C24H31ClFN3O4S/c1-5-13-27-24(31)21(6-2)28(15-18-8-11-20(26)12-9-18)23(30)16-29(34(4,32)33)22-14-19(25)10-7-17(22)3/h7-12,14,21H,5-6,13,15-16H2,1-4H3,(H,27,31)/t21-/m0/s1. The Morgan fingerprint density at radius 1 is 1.12 bits per heavy atom. The van der Waals surface area contributed by atoms with Gasteiger partial charge in [0, 0.05) is 18.1 Å². The van der Waals surface area contributed by atoms with Crippen LogP contribution in [-0.2, 0) is 26.2 Å². The predicted octanol–water partition coefficient (Wildman–Crippen LogP) is 3.89. The highest BCUT2D eigenvalue weighted by Gasteiger charge is 2.32. The average Bonchev–Trinajstić information content (AvgIpc) is 2.78. The molecule has 0 bridgehead atoms. The van der Waals surface area contributed by atoms with E-state index >= 15 is 0 Å². The molecule has 0 saturated heterocycles. The molecule has 0 heterocycles. The summed E-state index contributed by atoms with van der Waals surface area (Å²) in [5.41, 5.74) is 1.52. The van der Waals surface area contributed by atoms with Crippen molar-refractivity contribution in [1.29, 1.82) is 0 Å². The third-order valence-electron chi connectivity index (χ3n) is 5.32. The summed E-state index contributed by atoms with van der Waals surface area (Å²) in [6.07, 6.45) is 2.05. The zero-order valence-corrected chi connectivity index (χ0v) is 21.4. The van der Waals surface area contributed by atoms with Gasteiger partial charge in [-0.3, -0.25) is 13.9 Å². The number of aryl methyl sites for hydroxylation is 1. The van der Waals surface area contributed by atoms with E-state index in [1.807, 2.05) is 6.92 Å². The topological polar surface area (TPSA) is 86.8 Å². The van der Waals surface area contributed by atoms with Gasteiger partial charge < -0.3 is 10.2 Å². The van der Waals surface area contributed by atoms with Gasteiger partial charge in [-0.15, -0.1) is 0 Å². The van der Waals surface area contributed by atoms with Crippen LogP contribution in [-0.4, -0.2) is 50.5 Å². The summed E-state index contributed by atoms with van der Waals surface area (Å²) in [5, 5.41) is 3.13. The lowest BCUT2D eigenvalue weighted by Gasteiger charge is -2.33. The number of sulfonamides is 1. The third-order valence-corrected chi connectivity index (χ3v) is 6.68. The fourth-order valence-corrected chi connectivity index (χ4v) is 4.58. The zero-order valence-electron chi connectivity index (χ0n) is 19.8. The van der Waals surface area contributed by atoms with Crippen LogP contribution >= 0.6 is 11.6 Å². The Bertz CT molecular complexity index is 1110. The Morgan fingerprint density at radius 2 is 1.76 bits per heavy atom. The summed E-state index contributed by atoms with van der Waals surface area (Å²) in [6.45, 7) is 5.36. The van der Waals surface area contributed by atoms with Gasteiger partial charge in [-0.1, -0.05) is 43.6 Å². The van der Waals surface area contributed by atoms with E-state index in [1.54, 1.807) is 26.0 Å². The van der Waals surface area contributed by atoms with Crippen molar-refractivity contribution in [2.45, 2.75) is 46.2 Å². The van der Waals surface area contributed by atoms with Gasteiger partial charge in [0.25, 0.3) is 0 Å². The van der Waals surface area contributed by atoms with Crippen LogP contribution in [0.1, 0.15) is 37.8 Å². The quantitative estimate of drug-likeness (QED) is 0.496. The number of halogens is 2. The number of carbonyl (C=O) groups is 2. The number of benzene rings is 2. The highest BCUT2D eigenvalue weighted by molar-refractivity contribution is 7.92. The lowest BCUT2D eigenvalue weighted by atomic mass is 10.1. The number of nitrogens with one attached hydrogen (secondary N) is 1. The van der Waals surface area contributed by atoms with Gasteiger partial charge in [0.1, 0.15) is 18.4 Å². The van der Waals surface area contributed by atoms with Crippen LogP contribution in [0.15, 0.2) is 42.5 Å². The van der Waals surface area contributed by atoms with Crippen LogP contribution < -0.4 is 9.62 Å². The summed E-state index contributed by atoms with van der Waals surface area (Å²) in [4.78, 5) is 27.8. The monoisotopic (exact) mass is 511 g/mol. The second-order valence-electron chi connectivity index (χ2n) is 8.06. The molecule has 0 unspecified atom stereocenters. The maximum absolute atomic E-state index is 13.6. The van der Waals surface area contributed by atoms with E-state index in [-0.39, 0.29) is 18.1 Å². The molecule has 0 aliphatic carbocycles. The van der Waals surface area contributed by atoms with Crippen LogP contribution in [0.4, 0.5) is 10.1 Å². The van der Waals surface area contributed by atoms with E-state index in [1.165, 1.54) is 35.2 Å².